The van der Waals surface area contributed by atoms with Crippen LogP contribution >= 0.6 is 0 Å². The molecule has 15 heavy (non-hydrogen) atoms. The van der Waals surface area contributed by atoms with Gasteiger partial charge in [-0.2, -0.15) is 0 Å². The van der Waals surface area contributed by atoms with Crippen molar-refractivity contribution in [1.82, 2.24) is 14.4 Å². The molecule has 1 heterocycles. The molecule has 0 unspecified atom stereocenters. The molecule has 0 saturated carbocycles. The highest BCUT2D eigenvalue weighted by Gasteiger charge is 2.08. The average Bonchev–Trinajstić information content (AvgIpc) is 2.60. The van der Waals surface area contributed by atoms with Gasteiger partial charge in [-0.1, -0.05) is 31.4 Å². The van der Waals surface area contributed by atoms with Crippen LogP contribution in [0, 0.1) is 0 Å². The standard InChI is InChI=1S/C9H17N3O2S/c1-3-4-5-6-7-9-8-12(11-10-9)15(2,13)14/h8H,3-7H2,1-2H3. The first-order chi connectivity index (χ1) is 7.04. The number of hydrogen-bond acceptors (Lipinski definition) is 4. The summed E-state index contributed by atoms with van der Waals surface area (Å²) in [6, 6.07) is 0. The van der Waals surface area contributed by atoms with Gasteiger partial charge in [0, 0.05) is 0 Å². The van der Waals surface area contributed by atoms with Crippen LogP contribution in [0.2, 0.25) is 0 Å². The van der Waals surface area contributed by atoms with Gasteiger partial charge in [-0.15, -0.1) is 9.19 Å². The molecule has 0 bridgehead atoms. The van der Waals surface area contributed by atoms with Crippen LogP contribution in [0.25, 0.3) is 0 Å². The molecule has 0 saturated heterocycles. The molecule has 0 aliphatic carbocycles. The highest BCUT2D eigenvalue weighted by atomic mass is 32.2. The number of aromatic nitrogens is 3. The molecule has 0 amide bonds. The second-order valence-corrected chi connectivity index (χ2v) is 5.50. The zero-order valence-corrected chi connectivity index (χ0v) is 10.00. The third-order valence-electron chi connectivity index (χ3n) is 2.15. The third kappa shape index (κ3) is 3.99. The Hall–Kier alpha value is -0.910. The van der Waals surface area contributed by atoms with Gasteiger partial charge < -0.3 is 0 Å². The van der Waals surface area contributed by atoms with E-state index in [4.69, 9.17) is 0 Å². The molecule has 0 aliphatic heterocycles. The smallest absolute Gasteiger partial charge is 0.205 e. The minimum absolute atomic E-state index is 0.747. The zero-order chi connectivity index (χ0) is 11.3. The zero-order valence-electron chi connectivity index (χ0n) is 9.18. The van der Waals surface area contributed by atoms with Crippen LogP contribution < -0.4 is 0 Å². The van der Waals surface area contributed by atoms with Gasteiger partial charge in [-0.3, -0.25) is 0 Å². The summed E-state index contributed by atoms with van der Waals surface area (Å²) in [6.07, 6.45) is 7.99. The topological polar surface area (TPSA) is 64.8 Å². The first kappa shape index (κ1) is 12.2. The van der Waals surface area contributed by atoms with E-state index in [0.29, 0.717) is 0 Å². The normalized spacial score (nSPS) is 11.9. The molecule has 6 heteroatoms. The monoisotopic (exact) mass is 231 g/mol. The van der Waals surface area contributed by atoms with Crippen molar-refractivity contribution in [3.63, 3.8) is 0 Å². The summed E-state index contributed by atoms with van der Waals surface area (Å²) in [7, 11) is -3.27. The number of hydrogen-bond donors (Lipinski definition) is 0. The van der Waals surface area contributed by atoms with Gasteiger partial charge in [0.1, 0.15) is 0 Å². The van der Waals surface area contributed by atoms with Gasteiger partial charge in [0.15, 0.2) is 0 Å². The molecule has 0 radical (unpaired) electrons. The van der Waals surface area contributed by atoms with E-state index in [-0.39, 0.29) is 0 Å². The van der Waals surface area contributed by atoms with Crippen molar-refractivity contribution in [1.29, 1.82) is 0 Å². The summed E-state index contributed by atoms with van der Waals surface area (Å²) in [5.74, 6) is 0. The third-order valence-corrected chi connectivity index (χ3v) is 3.01. The van der Waals surface area contributed by atoms with Gasteiger partial charge in [0.2, 0.25) is 0 Å². The van der Waals surface area contributed by atoms with E-state index in [9.17, 15) is 8.42 Å². The van der Waals surface area contributed by atoms with Gasteiger partial charge in [0.05, 0.1) is 18.1 Å². The lowest BCUT2D eigenvalue weighted by atomic mass is 10.1. The van der Waals surface area contributed by atoms with Crippen LogP contribution in [0.4, 0.5) is 0 Å². The van der Waals surface area contributed by atoms with E-state index in [1.54, 1.807) is 0 Å². The Kier molecular flexibility index (Phi) is 4.26. The van der Waals surface area contributed by atoms with E-state index < -0.39 is 10.0 Å². The molecule has 1 rings (SSSR count). The molecule has 0 aliphatic rings. The summed E-state index contributed by atoms with van der Waals surface area (Å²) in [5.41, 5.74) is 0.747. The van der Waals surface area contributed by atoms with Crippen molar-refractivity contribution in [3.8, 4) is 0 Å². The van der Waals surface area contributed by atoms with Crippen LogP contribution in [0.15, 0.2) is 6.20 Å². The predicted octanol–water partition coefficient (Wildman–Crippen LogP) is 1.21. The minimum atomic E-state index is -3.27. The van der Waals surface area contributed by atoms with E-state index in [0.717, 1.165) is 35.3 Å². The van der Waals surface area contributed by atoms with Crippen LogP contribution in [0.1, 0.15) is 38.3 Å². The number of unbranched alkanes of at least 4 members (excludes halogenated alkanes) is 3. The predicted molar refractivity (Wildman–Crippen MR) is 58.1 cm³/mol. The van der Waals surface area contributed by atoms with Crippen molar-refractivity contribution in [2.75, 3.05) is 6.26 Å². The number of aryl methyl sites for hydroxylation is 1. The Balaban J connectivity index is 2.47. The molecular weight excluding hydrogens is 214 g/mol. The second kappa shape index (κ2) is 5.25. The molecule has 1 aromatic heterocycles. The van der Waals surface area contributed by atoms with Crippen LogP contribution in [-0.4, -0.2) is 29.1 Å². The van der Waals surface area contributed by atoms with E-state index in [1.807, 2.05) is 0 Å². The number of rotatable bonds is 6. The maximum absolute atomic E-state index is 11.1. The summed E-state index contributed by atoms with van der Waals surface area (Å²) in [6.45, 7) is 2.15. The largest absolute Gasteiger partial charge is 0.252 e. The second-order valence-electron chi connectivity index (χ2n) is 3.66. The lowest BCUT2D eigenvalue weighted by molar-refractivity contribution is 0.583. The summed E-state index contributed by atoms with van der Waals surface area (Å²) in [4.78, 5) is 0. The molecule has 0 atom stereocenters. The van der Waals surface area contributed by atoms with E-state index in [1.165, 1.54) is 19.0 Å². The molecule has 0 fully saturated rings. The first-order valence-corrected chi connectivity index (χ1v) is 7.00. The Morgan fingerprint density at radius 2 is 2.07 bits per heavy atom. The van der Waals surface area contributed by atoms with Gasteiger partial charge in [0.25, 0.3) is 10.0 Å². The SMILES string of the molecule is CCCCCCc1cn(S(C)(=O)=O)nn1. The van der Waals surface area contributed by atoms with Crippen molar-refractivity contribution >= 4 is 10.0 Å². The van der Waals surface area contributed by atoms with Gasteiger partial charge in [-0.05, 0) is 12.8 Å². The molecule has 86 valence electrons. The lowest BCUT2D eigenvalue weighted by Gasteiger charge is -1.95. The van der Waals surface area contributed by atoms with Gasteiger partial charge in [-0.25, -0.2) is 8.42 Å². The molecule has 1 aromatic rings. The van der Waals surface area contributed by atoms with Crippen molar-refractivity contribution in [2.24, 2.45) is 0 Å². The molecule has 0 N–H and O–H groups in total. The fourth-order valence-corrected chi connectivity index (χ4v) is 1.77. The van der Waals surface area contributed by atoms with Crippen LogP contribution in [-0.2, 0) is 16.4 Å². The van der Waals surface area contributed by atoms with Gasteiger partial charge >= 0.3 is 0 Å². The Morgan fingerprint density at radius 1 is 1.33 bits per heavy atom. The molecule has 5 nitrogen and oxygen atoms in total. The molecule has 0 aromatic carbocycles. The fourth-order valence-electron chi connectivity index (χ4n) is 1.29. The van der Waals surface area contributed by atoms with Crippen LogP contribution in [0.5, 0.6) is 0 Å². The van der Waals surface area contributed by atoms with Crippen molar-refractivity contribution in [2.45, 2.75) is 39.0 Å². The van der Waals surface area contributed by atoms with E-state index in [2.05, 4.69) is 17.2 Å². The maximum atomic E-state index is 11.1. The van der Waals surface area contributed by atoms with Crippen molar-refractivity contribution in [3.05, 3.63) is 11.9 Å². The van der Waals surface area contributed by atoms with Crippen LogP contribution in [0.3, 0.4) is 0 Å². The Morgan fingerprint density at radius 3 is 2.60 bits per heavy atom. The molecular formula is C9H17N3O2S. The average molecular weight is 231 g/mol. The lowest BCUT2D eigenvalue weighted by Crippen LogP contribution is -2.10. The highest BCUT2D eigenvalue weighted by molar-refractivity contribution is 7.89. The first-order valence-electron chi connectivity index (χ1n) is 5.16. The maximum Gasteiger partial charge on any atom is 0.252 e. The Labute approximate surface area is 90.5 Å². The highest BCUT2D eigenvalue weighted by Crippen LogP contribution is 2.05. The minimum Gasteiger partial charge on any atom is -0.205 e. The molecule has 0 spiro atoms. The van der Waals surface area contributed by atoms with Crippen molar-refractivity contribution < 1.29 is 8.42 Å². The number of nitrogens with zero attached hydrogens (tertiary/aromatic N) is 3. The summed E-state index contributed by atoms with van der Waals surface area (Å²) < 4.78 is 23.1. The quantitative estimate of drug-likeness (QED) is 0.690. The Bertz CT molecular complexity index is 397. The van der Waals surface area contributed by atoms with E-state index >= 15 is 0 Å². The fraction of sp³-hybridized carbons (Fsp3) is 0.778. The summed E-state index contributed by atoms with van der Waals surface area (Å²) >= 11 is 0. The summed E-state index contributed by atoms with van der Waals surface area (Å²) in [5, 5.41) is 7.38.